The third-order valence-electron chi connectivity index (χ3n) is 2.15. The molecule has 2 heteroatoms. The molecule has 13 heavy (non-hydrogen) atoms. The molecule has 0 bridgehead atoms. The molecule has 0 aliphatic rings. The molecule has 0 saturated carbocycles. The van der Waals surface area contributed by atoms with Gasteiger partial charge in [0.05, 0.1) is 0 Å². The minimum Gasteiger partial charge on any atom is -0.366 e. The fourth-order valence-electron chi connectivity index (χ4n) is 1.31. The normalized spacial score (nSPS) is 10.0. The maximum absolute atomic E-state index is 11.0. The lowest BCUT2D eigenvalue weighted by Gasteiger charge is -2.04. The van der Waals surface area contributed by atoms with Gasteiger partial charge in [0.2, 0.25) is 5.91 Å². The highest BCUT2D eigenvalue weighted by molar-refractivity contribution is 5.93. The van der Waals surface area contributed by atoms with E-state index in [4.69, 9.17) is 5.73 Å². The first kappa shape index (κ1) is 9.78. The Balaban J connectivity index is 3.14. The summed E-state index contributed by atoms with van der Waals surface area (Å²) in [7, 11) is 0. The molecule has 0 radical (unpaired) electrons. The lowest BCUT2D eigenvalue weighted by atomic mass is 10.0. The van der Waals surface area contributed by atoms with Crippen LogP contribution < -0.4 is 5.73 Å². The largest absolute Gasteiger partial charge is 0.366 e. The zero-order valence-electron chi connectivity index (χ0n) is 8.13. The van der Waals surface area contributed by atoms with Crippen molar-refractivity contribution < 1.29 is 4.79 Å². The van der Waals surface area contributed by atoms with Gasteiger partial charge in [0.15, 0.2) is 0 Å². The average Bonchev–Trinajstić information content (AvgIpc) is 2.16. The standard InChI is InChI=1S/C11H15NO/c1-3-8-5-9(4-2)7-10(6-8)11(12)13/h5-7H,3-4H2,1-2H3,(H2,12,13). The quantitative estimate of drug-likeness (QED) is 0.753. The Morgan fingerprint density at radius 1 is 1.15 bits per heavy atom. The van der Waals surface area contributed by atoms with Gasteiger partial charge in [-0.2, -0.15) is 0 Å². The van der Waals surface area contributed by atoms with E-state index in [9.17, 15) is 4.79 Å². The number of hydrogen-bond donors (Lipinski definition) is 1. The highest BCUT2D eigenvalue weighted by atomic mass is 16.1. The van der Waals surface area contributed by atoms with Gasteiger partial charge < -0.3 is 5.73 Å². The van der Waals surface area contributed by atoms with Crippen LogP contribution in [0.2, 0.25) is 0 Å². The van der Waals surface area contributed by atoms with Gasteiger partial charge in [0.25, 0.3) is 0 Å². The van der Waals surface area contributed by atoms with Crippen LogP contribution in [0.4, 0.5) is 0 Å². The van der Waals surface area contributed by atoms with E-state index in [0.717, 1.165) is 12.8 Å². The van der Waals surface area contributed by atoms with Crippen LogP contribution in [-0.4, -0.2) is 5.91 Å². The average molecular weight is 177 g/mol. The summed E-state index contributed by atoms with van der Waals surface area (Å²) in [4.78, 5) is 11.0. The number of benzene rings is 1. The van der Waals surface area contributed by atoms with Crippen molar-refractivity contribution in [2.75, 3.05) is 0 Å². The van der Waals surface area contributed by atoms with Crippen molar-refractivity contribution in [1.82, 2.24) is 0 Å². The van der Waals surface area contributed by atoms with E-state index in [-0.39, 0.29) is 5.91 Å². The highest BCUT2D eigenvalue weighted by Gasteiger charge is 2.03. The number of rotatable bonds is 3. The molecular weight excluding hydrogens is 162 g/mol. The Bertz CT molecular complexity index is 296. The molecule has 0 aliphatic carbocycles. The second-order valence-electron chi connectivity index (χ2n) is 3.11. The number of amides is 1. The first-order valence-corrected chi connectivity index (χ1v) is 4.60. The maximum Gasteiger partial charge on any atom is 0.248 e. The topological polar surface area (TPSA) is 43.1 Å². The molecule has 1 aromatic rings. The molecule has 0 aromatic heterocycles. The van der Waals surface area contributed by atoms with Crippen LogP contribution in [0, 0.1) is 0 Å². The van der Waals surface area contributed by atoms with Crippen molar-refractivity contribution in [1.29, 1.82) is 0 Å². The summed E-state index contributed by atoms with van der Waals surface area (Å²) in [6.07, 6.45) is 1.88. The molecule has 2 nitrogen and oxygen atoms in total. The van der Waals surface area contributed by atoms with Gasteiger partial charge in [-0.25, -0.2) is 0 Å². The molecule has 0 atom stereocenters. The van der Waals surface area contributed by atoms with Gasteiger partial charge in [0, 0.05) is 5.56 Å². The van der Waals surface area contributed by atoms with Crippen LogP contribution in [0.3, 0.4) is 0 Å². The fourth-order valence-corrected chi connectivity index (χ4v) is 1.31. The molecule has 0 saturated heterocycles. The Hall–Kier alpha value is -1.31. The van der Waals surface area contributed by atoms with Crippen molar-refractivity contribution in [2.45, 2.75) is 26.7 Å². The summed E-state index contributed by atoms with van der Waals surface area (Å²) >= 11 is 0. The number of aryl methyl sites for hydroxylation is 2. The smallest absolute Gasteiger partial charge is 0.248 e. The molecule has 2 N–H and O–H groups in total. The Morgan fingerprint density at radius 2 is 1.62 bits per heavy atom. The first-order valence-electron chi connectivity index (χ1n) is 4.60. The summed E-state index contributed by atoms with van der Waals surface area (Å²) in [6.45, 7) is 4.14. The van der Waals surface area contributed by atoms with E-state index in [2.05, 4.69) is 19.9 Å². The van der Waals surface area contributed by atoms with E-state index in [1.807, 2.05) is 12.1 Å². The van der Waals surface area contributed by atoms with E-state index in [1.54, 1.807) is 0 Å². The molecule has 0 heterocycles. The van der Waals surface area contributed by atoms with Gasteiger partial charge in [-0.05, 0) is 36.1 Å². The summed E-state index contributed by atoms with van der Waals surface area (Å²) in [6, 6.07) is 5.84. The van der Waals surface area contributed by atoms with E-state index in [1.165, 1.54) is 11.1 Å². The van der Waals surface area contributed by atoms with Crippen molar-refractivity contribution in [2.24, 2.45) is 5.73 Å². The molecule has 0 fully saturated rings. The van der Waals surface area contributed by atoms with Gasteiger partial charge in [-0.1, -0.05) is 19.9 Å². The monoisotopic (exact) mass is 177 g/mol. The second-order valence-corrected chi connectivity index (χ2v) is 3.11. The molecular formula is C11H15NO. The van der Waals surface area contributed by atoms with Crippen LogP contribution in [0.25, 0.3) is 0 Å². The molecule has 0 aliphatic heterocycles. The van der Waals surface area contributed by atoms with Gasteiger partial charge in [-0.15, -0.1) is 0 Å². The SMILES string of the molecule is CCc1cc(CC)cc(C(N)=O)c1. The molecule has 1 rings (SSSR count). The van der Waals surface area contributed by atoms with E-state index in [0.29, 0.717) is 5.56 Å². The third kappa shape index (κ3) is 2.31. The number of nitrogens with two attached hydrogens (primary N) is 1. The van der Waals surface area contributed by atoms with Gasteiger partial charge >= 0.3 is 0 Å². The third-order valence-corrected chi connectivity index (χ3v) is 2.15. The van der Waals surface area contributed by atoms with Gasteiger partial charge in [0.1, 0.15) is 0 Å². The predicted molar refractivity (Wildman–Crippen MR) is 53.7 cm³/mol. The Kier molecular flexibility index (Phi) is 3.07. The molecule has 0 spiro atoms. The second kappa shape index (κ2) is 4.08. The minimum absolute atomic E-state index is 0.343. The number of primary amides is 1. The summed E-state index contributed by atoms with van der Waals surface area (Å²) in [5, 5.41) is 0. The summed E-state index contributed by atoms with van der Waals surface area (Å²) in [5.74, 6) is -0.343. The van der Waals surface area contributed by atoms with Crippen LogP contribution in [0.15, 0.2) is 18.2 Å². The lowest BCUT2D eigenvalue weighted by Crippen LogP contribution is -2.11. The Labute approximate surface area is 78.8 Å². The van der Waals surface area contributed by atoms with Crippen LogP contribution in [-0.2, 0) is 12.8 Å². The fraction of sp³-hybridized carbons (Fsp3) is 0.364. The first-order chi connectivity index (χ1) is 6.17. The maximum atomic E-state index is 11.0. The lowest BCUT2D eigenvalue weighted by molar-refractivity contribution is 0.1000. The van der Waals surface area contributed by atoms with Crippen molar-refractivity contribution in [3.05, 3.63) is 34.9 Å². The number of hydrogen-bond acceptors (Lipinski definition) is 1. The minimum atomic E-state index is -0.343. The van der Waals surface area contributed by atoms with Crippen molar-refractivity contribution in [3.63, 3.8) is 0 Å². The number of carbonyl (C=O) groups excluding carboxylic acids is 1. The van der Waals surface area contributed by atoms with E-state index < -0.39 is 0 Å². The summed E-state index contributed by atoms with van der Waals surface area (Å²) < 4.78 is 0. The number of carbonyl (C=O) groups is 1. The molecule has 1 amide bonds. The van der Waals surface area contributed by atoms with Crippen molar-refractivity contribution in [3.8, 4) is 0 Å². The van der Waals surface area contributed by atoms with Crippen LogP contribution in [0.5, 0.6) is 0 Å². The zero-order chi connectivity index (χ0) is 9.84. The summed E-state index contributed by atoms with van der Waals surface area (Å²) in [5.41, 5.74) is 8.19. The molecule has 0 unspecified atom stereocenters. The zero-order valence-corrected chi connectivity index (χ0v) is 8.13. The van der Waals surface area contributed by atoms with E-state index >= 15 is 0 Å². The predicted octanol–water partition coefficient (Wildman–Crippen LogP) is 1.91. The Morgan fingerprint density at radius 3 is 1.92 bits per heavy atom. The van der Waals surface area contributed by atoms with Crippen LogP contribution >= 0.6 is 0 Å². The van der Waals surface area contributed by atoms with Gasteiger partial charge in [-0.3, -0.25) is 4.79 Å². The van der Waals surface area contributed by atoms with Crippen LogP contribution in [0.1, 0.15) is 35.3 Å². The molecule has 70 valence electrons. The van der Waals surface area contributed by atoms with Crippen molar-refractivity contribution >= 4 is 5.91 Å². The molecule has 1 aromatic carbocycles. The highest BCUT2D eigenvalue weighted by Crippen LogP contribution is 2.11.